The summed E-state index contributed by atoms with van der Waals surface area (Å²) < 4.78 is 24.3. The van der Waals surface area contributed by atoms with Crippen molar-refractivity contribution in [3.63, 3.8) is 0 Å². The second kappa shape index (κ2) is 10.6. The fourth-order valence-electron chi connectivity index (χ4n) is 2.82. The Balaban J connectivity index is 0.00000441. The highest BCUT2D eigenvalue weighted by Gasteiger charge is 2.31. The van der Waals surface area contributed by atoms with Gasteiger partial charge in [0.1, 0.15) is 0 Å². The zero-order valence-corrected chi connectivity index (χ0v) is 17.1. The molecule has 0 saturated heterocycles. The summed E-state index contributed by atoms with van der Waals surface area (Å²) in [6.07, 6.45) is 8.36. The molecule has 132 valence electrons. The first kappa shape index (κ1) is 21.9. The molecule has 1 aliphatic carbocycles. The smallest absolute Gasteiger partial charge is 0.208 e. The predicted octanol–water partition coefficient (Wildman–Crippen LogP) is 1.68. The van der Waals surface area contributed by atoms with Crippen LogP contribution in [0.5, 0.6) is 0 Å². The Morgan fingerprint density at radius 1 is 1.18 bits per heavy atom. The van der Waals surface area contributed by atoms with E-state index in [-0.39, 0.29) is 24.0 Å². The average molecular weight is 446 g/mol. The van der Waals surface area contributed by atoms with E-state index in [1.165, 1.54) is 38.4 Å². The molecular weight excluding hydrogens is 415 g/mol. The van der Waals surface area contributed by atoms with Crippen molar-refractivity contribution in [3.05, 3.63) is 0 Å². The fourth-order valence-corrected chi connectivity index (χ4v) is 3.34. The Kier molecular flexibility index (Phi) is 10.6. The van der Waals surface area contributed by atoms with Gasteiger partial charge in [-0.2, -0.15) is 0 Å². The molecule has 1 saturated carbocycles. The second-order valence-corrected chi connectivity index (χ2v) is 7.77. The molecule has 0 unspecified atom stereocenters. The molecule has 1 rings (SSSR count). The Bertz CT molecular complexity index is 434. The van der Waals surface area contributed by atoms with Crippen molar-refractivity contribution in [2.24, 2.45) is 10.4 Å². The zero-order valence-electron chi connectivity index (χ0n) is 13.9. The molecule has 22 heavy (non-hydrogen) atoms. The van der Waals surface area contributed by atoms with E-state index in [1.54, 1.807) is 7.05 Å². The lowest BCUT2D eigenvalue weighted by Crippen LogP contribution is -2.43. The van der Waals surface area contributed by atoms with Gasteiger partial charge in [0.25, 0.3) is 0 Å². The maximum atomic E-state index is 10.9. The molecule has 0 spiro atoms. The zero-order chi connectivity index (χ0) is 15.8. The summed E-state index contributed by atoms with van der Waals surface area (Å²) in [7, 11) is -1.33. The summed E-state index contributed by atoms with van der Waals surface area (Å²) in [5, 5.41) is 6.64. The maximum Gasteiger partial charge on any atom is 0.208 e. The van der Waals surface area contributed by atoms with Crippen LogP contribution in [0.2, 0.25) is 0 Å². The first-order valence-electron chi connectivity index (χ1n) is 7.80. The van der Waals surface area contributed by atoms with E-state index in [1.807, 2.05) is 0 Å². The van der Waals surface area contributed by atoms with Gasteiger partial charge in [0.05, 0.1) is 6.26 Å². The fraction of sp³-hybridized carbons (Fsp3) is 0.929. The molecule has 1 fully saturated rings. The molecule has 3 N–H and O–H groups in total. The van der Waals surface area contributed by atoms with Crippen LogP contribution in [0.1, 0.15) is 45.4 Å². The quantitative estimate of drug-likeness (QED) is 0.229. The van der Waals surface area contributed by atoms with E-state index < -0.39 is 10.0 Å². The molecule has 0 radical (unpaired) electrons. The van der Waals surface area contributed by atoms with E-state index in [2.05, 4.69) is 27.3 Å². The van der Waals surface area contributed by atoms with Crippen LogP contribution in [0.3, 0.4) is 0 Å². The van der Waals surface area contributed by atoms with Gasteiger partial charge in [0.15, 0.2) is 5.96 Å². The van der Waals surface area contributed by atoms with Gasteiger partial charge in [-0.1, -0.05) is 19.8 Å². The lowest BCUT2D eigenvalue weighted by Gasteiger charge is -2.28. The van der Waals surface area contributed by atoms with Crippen molar-refractivity contribution in [1.82, 2.24) is 15.4 Å². The first-order valence-corrected chi connectivity index (χ1v) is 9.69. The number of halogens is 1. The van der Waals surface area contributed by atoms with Crippen molar-refractivity contribution in [2.75, 3.05) is 32.9 Å². The molecule has 0 atom stereocenters. The minimum absolute atomic E-state index is 0. The third-order valence-electron chi connectivity index (χ3n) is 4.28. The highest BCUT2D eigenvalue weighted by Crippen LogP contribution is 2.40. The molecular formula is C14H31IN4O2S. The van der Waals surface area contributed by atoms with Crippen LogP contribution in [-0.4, -0.2) is 47.3 Å². The molecule has 0 aromatic rings. The van der Waals surface area contributed by atoms with E-state index in [0.29, 0.717) is 18.5 Å². The minimum atomic E-state index is -3.09. The third-order valence-corrected chi connectivity index (χ3v) is 5.01. The Morgan fingerprint density at radius 2 is 1.82 bits per heavy atom. The van der Waals surface area contributed by atoms with Crippen LogP contribution in [0, 0.1) is 5.41 Å². The highest BCUT2D eigenvalue weighted by molar-refractivity contribution is 14.0. The van der Waals surface area contributed by atoms with Gasteiger partial charge in [0, 0.05) is 26.7 Å². The highest BCUT2D eigenvalue weighted by atomic mass is 127. The van der Waals surface area contributed by atoms with Crippen molar-refractivity contribution in [1.29, 1.82) is 0 Å². The summed E-state index contributed by atoms with van der Waals surface area (Å²) in [6, 6.07) is 0. The average Bonchev–Trinajstić information content (AvgIpc) is 2.90. The number of sulfonamides is 1. The van der Waals surface area contributed by atoms with Gasteiger partial charge in [-0.3, -0.25) is 4.99 Å². The van der Waals surface area contributed by atoms with Crippen LogP contribution in [0.15, 0.2) is 4.99 Å². The minimum Gasteiger partial charge on any atom is -0.356 e. The topological polar surface area (TPSA) is 82.6 Å². The molecule has 0 aromatic carbocycles. The third kappa shape index (κ3) is 8.52. The first-order chi connectivity index (χ1) is 9.91. The van der Waals surface area contributed by atoms with Gasteiger partial charge in [-0.05, 0) is 31.1 Å². The van der Waals surface area contributed by atoms with Crippen molar-refractivity contribution >= 4 is 40.0 Å². The van der Waals surface area contributed by atoms with Gasteiger partial charge in [-0.25, -0.2) is 13.1 Å². The maximum absolute atomic E-state index is 10.9. The Hall–Kier alpha value is -0.0900. The van der Waals surface area contributed by atoms with Crippen LogP contribution >= 0.6 is 24.0 Å². The lowest BCUT2D eigenvalue weighted by molar-refractivity contribution is 0.283. The summed E-state index contributed by atoms with van der Waals surface area (Å²) in [5.74, 6) is 0.800. The standard InChI is InChI=1S/C14H30N4O2S.HI/c1-4-14(8-5-6-9-14)12-17-13(15-2)16-10-7-11-18-21(3,19)20;/h18H,4-12H2,1-3H3,(H2,15,16,17);1H. The SMILES string of the molecule is CCC1(CNC(=NC)NCCCNS(C)(=O)=O)CCCC1.I. The number of aliphatic imine (C=N–C) groups is 1. The number of hydrogen-bond acceptors (Lipinski definition) is 3. The summed E-state index contributed by atoms with van der Waals surface area (Å²) in [5.41, 5.74) is 0.426. The van der Waals surface area contributed by atoms with Crippen LogP contribution < -0.4 is 15.4 Å². The predicted molar refractivity (Wildman–Crippen MR) is 103 cm³/mol. The Labute approximate surface area is 152 Å². The molecule has 1 aliphatic rings. The van der Waals surface area contributed by atoms with Crippen LogP contribution in [-0.2, 0) is 10.0 Å². The normalized spacial score (nSPS) is 17.9. The monoisotopic (exact) mass is 446 g/mol. The number of hydrogen-bond donors (Lipinski definition) is 3. The lowest BCUT2D eigenvalue weighted by atomic mass is 9.83. The van der Waals surface area contributed by atoms with Crippen molar-refractivity contribution < 1.29 is 8.42 Å². The van der Waals surface area contributed by atoms with Gasteiger partial charge in [-0.15, -0.1) is 24.0 Å². The van der Waals surface area contributed by atoms with Gasteiger partial charge in [0.2, 0.25) is 10.0 Å². The molecule has 0 bridgehead atoms. The summed E-state index contributed by atoms with van der Waals surface area (Å²) >= 11 is 0. The number of guanidine groups is 1. The van der Waals surface area contributed by atoms with E-state index >= 15 is 0 Å². The molecule has 0 heterocycles. The molecule has 0 amide bonds. The van der Waals surface area contributed by atoms with E-state index in [4.69, 9.17) is 0 Å². The number of nitrogens with one attached hydrogen (secondary N) is 3. The number of rotatable bonds is 8. The van der Waals surface area contributed by atoms with E-state index in [9.17, 15) is 8.42 Å². The van der Waals surface area contributed by atoms with Gasteiger partial charge < -0.3 is 10.6 Å². The van der Waals surface area contributed by atoms with Crippen LogP contribution in [0.4, 0.5) is 0 Å². The Morgan fingerprint density at radius 3 is 2.32 bits per heavy atom. The summed E-state index contributed by atoms with van der Waals surface area (Å²) in [4.78, 5) is 4.22. The van der Waals surface area contributed by atoms with Crippen LogP contribution in [0.25, 0.3) is 0 Å². The summed E-state index contributed by atoms with van der Waals surface area (Å²) in [6.45, 7) is 4.37. The number of nitrogens with zero attached hydrogens (tertiary/aromatic N) is 1. The van der Waals surface area contributed by atoms with E-state index in [0.717, 1.165) is 18.9 Å². The molecule has 0 aliphatic heterocycles. The molecule has 6 nitrogen and oxygen atoms in total. The molecule has 0 aromatic heterocycles. The van der Waals surface area contributed by atoms with Gasteiger partial charge >= 0.3 is 0 Å². The molecule has 8 heteroatoms. The second-order valence-electron chi connectivity index (χ2n) is 5.93. The largest absolute Gasteiger partial charge is 0.356 e. The van der Waals surface area contributed by atoms with Crippen molar-refractivity contribution in [2.45, 2.75) is 45.4 Å². The van der Waals surface area contributed by atoms with Crippen molar-refractivity contribution in [3.8, 4) is 0 Å².